The maximum Gasteiger partial charge on any atom is 0.213 e. The van der Waals surface area contributed by atoms with Crippen LogP contribution in [0.4, 0.5) is 0 Å². The Kier molecular flexibility index (Phi) is 5.00. The van der Waals surface area contributed by atoms with Crippen molar-refractivity contribution in [1.82, 2.24) is 14.9 Å². The highest BCUT2D eigenvalue weighted by Gasteiger charge is 2.24. The smallest absolute Gasteiger partial charge is 0.213 e. The number of nitrogens with zero attached hydrogens (tertiary/aromatic N) is 1. The molecule has 0 aromatic heterocycles. The molecule has 0 radical (unpaired) electrons. The van der Waals surface area contributed by atoms with Crippen molar-refractivity contribution in [3.05, 3.63) is 0 Å². The fourth-order valence-corrected chi connectivity index (χ4v) is 4.33. The summed E-state index contributed by atoms with van der Waals surface area (Å²) in [4.78, 5) is 2.28. The van der Waals surface area contributed by atoms with Gasteiger partial charge in [0.1, 0.15) is 0 Å². The SMILES string of the molecule is CN1CCCC(CNS(=O)(=O)CC2CCCN2)C1. The van der Waals surface area contributed by atoms with E-state index in [2.05, 4.69) is 22.0 Å². The first-order chi connectivity index (χ1) is 8.55. The van der Waals surface area contributed by atoms with Crippen LogP contribution in [0.25, 0.3) is 0 Å². The molecule has 0 spiro atoms. The van der Waals surface area contributed by atoms with E-state index in [-0.39, 0.29) is 11.8 Å². The van der Waals surface area contributed by atoms with Gasteiger partial charge in [0.15, 0.2) is 0 Å². The topological polar surface area (TPSA) is 61.4 Å². The highest BCUT2D eigenvalue weighted by atomic mass is 32.2. The Morgan fingerprint density at radius 2 is 2.17 bits per heavy atom. The maximum absolute atomic E-state index is 11.9. The van der Waals surface area contributed by atoms with Crippen LogP contribution in [0, 0.1) is 5.92 Å². The maximum atomic E-state index is 11.9. The molecular formula is C12H25N3O2S. The van der Waals surface area contributed by atoms with Crippen molar-refractivity contribution >= 4 is 10.0 Å². The van der Waals surface area contributed by atoms with E-state index in [9.17, 15) is 8.42 Å². The van der Waals surface area contributed by atoms with Crippen LogP contribution < -0.4 is 10.0 Å². The normalized spacial score (nSPS) is 30.7. The van der Waals surface area contributed by atoms with Gasteiger partial charge in [-0.05, 0) is 51.7 Å². The summed E-state index contributed by atoms with van der Waals surface area (Å²) in [5.74, 6) is 0.699. The van der Waals surface area contributed by atoms with Crippen molar-refractivity contribution < 1.29 is 8.42 Å². The van der Waals surface area contributed by atoms with Gasteiger partial charge >= 0.3 is 0 Å². The Hall–Kier alpha value is -0.170. The molecule has 6 heteroatoms. The molecule has 5 nitrogen and oxygen atoms in total. The predicted molar refractivity (Wildman–Crippen MR) is 73.0 cm³/mol. The minimum absolute atomic E-state index is 0.150. The van der Waals surface area contributed by atoms with E-state index < -0.39 is 10.0 Å². The highest BCUT2D eigenvalue weighted by molar-refractivity contribution is 7.89. The van der Waals surface area contributed by atoms with Gasteiger partial charge in [0, 0.05) is 19.1 Å². The van der Waals surface area contributed by atoms with Crippen LogP contribution in [0.5, 0.6) is 0 Å². The molecule has 18 heavy (non-hydrogen) atoms. The van der Waals surface area contributed by atoms with Crippen molar-refractivity contribution in [2.45, 2.75) is 31.7 Å². The minimum Gasteiger partial charge on any atom is -0.313 e. The molecule has 2 N–H and O–H groups in total. The standard InChI is InChI=1S/C12H25N3O2S/c1-15-7-3-4-11(9-15)8-14-18(16,17)10-12-5-2-6-13-12/h11-14H,2-10H2,1H3. The Balaban J connectivity index is 1.73. The molecular weight excluding hydrogens is 250 g/mol. The molecule has 0 aromatic carbocycles. The molecule has 0 bridgehead atoms. The Labute approximate surface area is 110 Å². The third kappa shape index (κ3) is 4.50. The Bertz CT molecular complexity index is 352. The average Bonchev–Trinajstić information content (AvgIpc) is 2.79. The van der Waals surface area contributed by atoms with E-state index in [4.69, 9.17) is 0 Å². The number of likely N-dealkylation sites (tertiary alicyclic amines) is 1. The molecule has 2 saturated heterocycles. The molecule has 2 aliphatic rings. The number of hydrogen-bond acceptors (Lipinski definition) is 4. The van der Waals surface area contributed by atoms with Gasteiger partial charge in [0.2, 0.25) is 10.0 Å². The molecule has 2 unspecified atom stereocenters. The minimum atomic E-state index is -3.11. The first-order valence-corrected chi connectivity index (χ1v) is 8.60. The second-order valence-electron chi connectivity index (χ2n) is 5.69. The zero-order valence-electron chi connectivity index (χ0n) is 11.2. The fraction of sp³-hybridized carbons (Fsp3) is 1.00. The summed E-state index contributed by atoms with van der Waals surface area (Å²) in [5.41, 5.74) is 0. The van der Waals surface area contributed by atoms with Gasteiger partial charge in [-0.2, -0.15) is 0 Å². The molecule has 2 rings (SSSR count). The van der Waals surface area contributed by atoms with Gasteiger partial charge in [-0.25, -0.2) is 13.1 Å². The molecule has 2 heterocycles. The summed E-state index contributed by atoms with van der Waals surface area (Å²) in [5, 5.41) is 3.23. The summed E-state index contributed by atoms with van der Waals surface area (Å²) in [7, 11) is -1.01. The summed E-state index contributed by atoms with van der Waals surface area (Å²) in [6.07, 6.45) is 4.38. The van der Waals surface area contributed by atoms with Crippen LogP contribution in [0.3, 0.4) is 0 Å². The van der Waals surface area contributed by atoms with Gasteiger partial charge in [0.05, 0.1) is 5.75 Å². The van der Waals surface area contributed by atoms with E-state index in [1.165, 1.54) is 6.42 Å². The third-order valence-electron chi connectivity index (χ3n) is 3.90. The molecule has 0 saturated carbocycles. The van der Waals surface area contributed by atoms with E-state index in [0.29, 0.717) is 12.5 Å². The van der Waals surface area contributed by atoms with Crippen LogP contribution in [0.15, 0.2) is 0 Å². The van der Waals surface area contributed by atoms with Gasteiger partial charge in [-0.1, -0.05) is 0 Å². The van der Waals surface area contributed by atoms with Crippen molar-refractivity contribution in [2.75, 3.05) is 39.0 Å². The van der Waals surface area contributed by atoms with Crippen molar-refractivity contribution in [3.63, 3.8) is 0 Å². The monoisotopic (exact) mass is 275 g/mol. The van der Waals surface area contributed by atoms with Crippen molar-refractivity contribution in [2.24, 2.45) is 5.92 Å². The Morgan fingerprint density at radius 3 is 2.83 bits per heavy atom. The van der Waals surface area contributed by atoms with Crippen molar-refractivity contribution in [1.29, 1.82) is 0 Å². The lowest BCUT2D eigenvalue weighted by Gasteiger charge is -2.29. The average molecular weight is 275 g/mol. The van der Waals surface area contributed by atoms with Gasteiger partial charge < -0.3 is 10.2 Å². The summed E-state index contributed by atoms with van der Waals surface area (Å²) in [6, 6.07) is 0.150. The quantitative estimate of drug-likeness (QED) is 0.741. The highest BCUT2D eigenvalue weighted by Crippen LogP contribution is 2.14. The van der Waals surface area contributed by atoms with Crippen LogP contribution in [-0.2, 0) is 10.0 Å². The first kappa shape index (κ1) is 14.2. The van der Waals surface area contributed by atoms with Gasteiger partial charge in [-0.15, -0.1) is 0 Å². The van der Waals surface area contributed by atoms with Crippen LogP contribution in [-0.4, -0.2) is 58.3 Å². The first-order valence-electron chi connectivity index (χ1n) is 6.94. The van der Waals surface area contributed by atoms with Gasteiger partial charge in [0.25, 0.3) is 0 Å². The molecule has 2 fully saturated rings. The molecule has 0 amide bonds. The number of nitrogens with one attached hydrogen (secondary N) is 2. The van der Waals surface area contributed by atoms with Gasteiger partial charge in [-0.3, -0.25) is 0 Å². The molecule has 2 atom stereocenters. The number of hydrogen-bond donors (Lipinski definition) is 2. The van der Waals surface area contributed by atoms with Crippen LogP contribution >= 0.6 is 0 Å². The summed E-state index contributed by atoms with van der Waals surface area (Å²) < 4.78 is 26.7. The van der Waals surface area contributed by atoms with E-state index >= 15 is 0 Å². The van der Waals surface area contributed by atoms with Crippen LogP contribution in [0.1, 0.15) is 25.7 Å². The zero-order chi connectivity index (χ0) is 13.0. The lowest BCUT2D eigenvalue weighted by molar-refractivity contribution is 0.211. The molecule has 0 aliphatic carbocycles. The van der Waals surface area contributed by atoms with E-state index in [1.54, 1.807) is 0 Å². The van der Waals surface area contributed by atoms with E-state index in [1.807, 2.05) is 0 Å². The predicted octanol–water partition coefficient (Wildman–Crippen LogP) is -0.000400. The van der Waals surface area contributed by atoms with E-state index in [0.717, 1.165) is 38.9 Å². The second-order valence-corrected chi connectivity index (χ2v) is 7.55. The number of rotatable bonds is 5. The number of piperidine rings is 1. The largest absolute Gasteiger partial charge is 0.313 e. The molecule has 2 aliphatic heterocycles. The van der Waals surface area contributed by atoms with Crippen LogP contribution in [0.2, 0.25) is 0 Å². The lowest BCUT2D eigenvalue weighted by Crippen LogP contribution is -2.42. The summed E-state index contributed by atoms with van der Waals surface area (Å²) in [6.45, 7) is 3.69. The fourth-order valence-electron chi connectivity index (χ4n) is 2.91. The zero-order valence-corrected chi connectivity index (χ0v) is 12.0. The lowest BCUT2D eigenvalue weighted by atomic mass is 9.99. The molecule has 0 aromatic rings. The summed E-state index contributed by atoms with van der Waals surface area (Å²) >= 11 is 0. The Morgan fingerprint density at radius 1 is 1.33 bits per heavy atom. The second kappa shape index (κ2) is 6.32. The van der Waals surface area contributed by atoms with Crippen molar-refractivity contribution in [3.8, 4) is 0 Å². The molecule has 106 valence electrons. The third-order valence-corrected chi connectivity index (χ3v) is 5.34. The number of sulfonamides is 1.